The monoisotopic (exact) mass is 452 g/mol. The molecule has 0 saturated carbocycles. The Morgan fingerprint density at radius 3 is 2.03 bits per heavy atom. The van der Waals surface area contributed by atoms with E-state index in [2.05, 4.69) is 22.3 Å². The highest BCUT2D eigenvalue weighted by Gasteiger charge is 2.31. The van der Waals surface area contributed by atoms with Crippen LogP contribution < -0.4 is 11.1 Å². The Morgan fingerprint density at radius 1 is 0.933 bits per heavy atom. The van der Waals surface area contributed by atoms with Gasteiger partial charge >= 0.3 is 0 Å². The minimum absolute atomic E-state index is 0. The number of carbonyl (C=O) groups excluding carboxylic acids is 2. The van der Waals surface area contributed by atoms with Crippen molar-refractivity contribution in [3.8, 4) is 0 Å². The molecule has 30 heavy (non-hydrogen) atoms. The molecule has 0 aliphatic carbocycles. The van der Waals surface area contributed by atoms with Crippen LogP contribution in [-0.4, -0.2) is 54.3 Å². The third-order valence-corrected chi connectivity index (χ3v) is 5.22. The molecule has 0 aromatic heterocycles. The number of hydrogen-bond acceptors (Lipinski definition) is 4. The third-order valence-electron chi connectivity index (χ3n) is 5.22. The summed E-state index contributed by atoms with van der Waals surface area (Å²) >= 11 is 0. The average Bonchev–Trinajstić information content (AvgIpc) is 2.73. The molecular weight excluding hydrogens is 423 g/mol. The molecule has 3 N–H and O–H groups in total. The zero-order valence-corrected chi connectivity index (χ0v) is 18.8. The Hall–Kier alpha value is -2.12. The van der Waals surface area contributed by atoms with E-state index < -0.39 is 5.54 Å². The van der Waals surface area contributed by atoms with Crippen LogP contribution in [0.2, 0.25) is 0 Å². The van der Waals surface area contributed by atoms with Crippen molar-refractivity contribution in [2.45, 2.75) is 19.0 Å². The van der Waals surface area contributed by atoms with Gasteiger partial charge in [0.2, 0.25) is 11.8 Å². The van der Waals surface area contributed by atoms with Gasteiger partial charge in [-0.15, -0.1) is 24.8 Å². The van der Waals surface area contributed by atoms with E-state index in [9.17, 15) is 9.59 Å². The van der Waals surface area contributed by atoms with Crippen molar-refractivity contribution in [3.63, 3.8) is 0 Å². The molecule has 0 spiro atoms. The van der Waals surface area contributed by atoms with Crippen LogP contribution in [0.15, 0.2) is 60.7 Å². The first-order valence-corrected chi connectivity index (χ1v) is 9.63. The van der Waals surface area contributed by atoms with Gasteiger partial charge in [0.1, 0.15) is 5.54 Å². The molecule has 0 radical (unpaired) electrons. The van der Waals surface area contributed by atoms with E-state index in [1.807, 2.05) is 48.5 Å². The predicted molar refractivity (Wildman–Crippen MR) is 124 cm³/mol. The number of hydrogen-bond donors (Lipinski definition) is 2. The lowest BCUT2D eigenvalue weighted by atomic mass is 9.92. The molecule has 3 rings (SSSR count). The zero-order chi connectivity index (χ0) is 20.0. The minimum atomic E-state index is -1.17. The van der Waals surface area contributed by atoms with Crippen molar-refractivity contribution in [1.82, 2.24) is 15.1 Å². The summed E-state index contributed by atoms with van der Waals surface area (Å²) in [4.78, 5) is 29.1. The molecule has 1 atom stereocenters. The van der Waals surface area contributed by atoms with Crippen LogP contribution in [-0.2, 0) is 21.7 Å². The summed E-state index contributed by atoms with van der Waals surface area (Å²) in [5, 5.41) is 2.70. The van der Waals surface area contributed by atoms with Gasteiger partial charge in [0.25, 0.3) is 0 Å². The standard InChI is InChI=1S/C22H28N4O2.2ClH/c1-22(23,19-10-6-3-7-11-19)21(28)24-16-20(27)26-14-12-25(13-15-26)17-18-8-4-2-5-9-18;;/h2-11H,12-17,23H2,1H3,(H,24,28);2*1H. The molecule has 2 aromatic rings. The number of benzene rings is 2. The van der Waals surface area contributed by atoms with Gasteiger partial charge in [0.15, 0.2) is 0 Å². The molecule has 1 heterocycles. The molecule has 164 valence electrons. The quantitative estimate of drug-likeness (QED) is 0.703. The van der Waals surface area contributed by atoms with Crippen LogP contribution in [0, 0.1) is 0 Å². The number of carbonyl (C=O) groups is 2. The summed E-state index contributed by atoms with van der Waals surface area (Å²) in [6.07, 6.45) is 0. The molecule has 6 nitrogen and oxygen atoms in total. The van der Waals surface area contributed by atoms with E-state index in [1.165, 1.54) is 5.56 Å². The van der Waals surface area contributed by atoms with E-state index in [0.29, 0.717) is 13.1 Å². The van der Waals surface area contributed by atoms with E-state index in [1.54, 1.807) is 11.8 Å². The molecule has 1 fully saturated rings. The fourth-order valence-corrected chi connectivity index (χ4v) is 3.36. The summed E-state index contributed by atoms with van der Waals surface area (Å²) in [6, 6.07) is 19.5. The largest absolute Gasteiger partial charge is 0.345 e. The molecule has 8 heteroatoms. The number of rotatable bonds is 6. The fraction of sp³-hybridized carbons (Fsp3) is 0.364. The SMILES string of the molecule is CC(N)(C(=O)NCC(=O)N1CCN(Cc2ccccc2)CC1)c1ccccc1.Cl.Cl. The van der Waals surface area contributed by atoms with E-state index >= 15 is 0 Å². The molecule has 0 bridgehead atoms. The second kappa shape index (κ2) is 11.9. The number of piperazine rings is 1. The van der Waals surface area contributed by atoms with E-state index in [4.69, 9.17) is 5.73 Å². The van der Waals surface area contributed by atoms with Crippen LogP contribution in [0.4, 0.5) is 0 Å². The first-order valence-electron chi connectivity index (χ1n) is 9.63. The van der Waals surface area contributed by atoms with Crippen molar-refractivity contribution in [2.24, 2.45) is 5.73 Å². The van der Waals surface area contributed by atoms with Crippen molar-refractivity contribution in [2.75, 3.05) is 32.7 Å². The van der Waals surface area contributed by atoms with Crippen molar-refractivity contribution < 1.29 is 9.59 Å². The second-order valence-electron chi connectivity index (χ2n) is 7.39. The topological polar surface area (TPSA) is 78.7 Å². The van der Waals surface area contributed by atoms with Gasteiger partial charge in [-0.25, -0.2) is 0 Å². The fourth-order valence-electron chi connectivity index (χ4n) is 3.36. The molecule has 1 saturated heterocycles. The lowest BCUT2D eigenvalue weighted by molar-refractivity contribution is -0.135. The first kappa shape index (κ1) is 25.9. The van der Waals surface area contributed by atoms with Crippen molar-refractivity contribution in [3.05, 3.63) is 71.8 Å². The molecule has 2 aromatic carbocycles. The lowest BCUT2D eigenvalue weighted by Gasteiger charge is -2.35. The maximum atomic E-state index is 12.5. The van der Waals surface area contributed by atoms with Crippen LogP contribution in [0.25, 0.3) is 0 Å². The normalized spacial score (nSPS) is 15.9. The highest BCUT2D eigenvalue weighted by Crippen LogP contribution is 2.17. The van der Waals surface area contributed by atoms with Gasteiger partial charge in [-0.2, -0.15) is 0 Å². The van der Waals surface area contributed by atoms with E-state index in [0.717, 1.165) is 25.2 Å². The summed E-state index contributed by atoms with van der Waals surface area (Å²) in [7, 11) is 0. The highest BCUT2D eigenvalue weighted by molar-refractivity contribution is 5.90. The summed E-state index contributed by atoms with van der Waals surface area (Å²) in [5.74, 6) is -0.425. The van der Waals surface area contributed by atoms with Crippen molar-refractivity contribution in [1.29, 1.82) is 0 Å². The Bertz CT molecular complexity index is 795. The number of nitrogens with zero attached hydrogens (tertiary/aromatic N) is 2. The molecule has 1 unspecified atom stereocenters. The number of amides is 2. The van der Waals surface area contributed by atoms with Gasteiger partial charge in [-0.3, -0.25) is 14.5 Å². The van der Waals surface area contributed by atoms with Gasteiger partial charge in [-0.1, -0.05) is 60.7 Å². The predicted octanol–water partition coefficient (Wildman–Crippen LogP) is 2.16. The Labute approximate surface area is 190 Å². The average molecular weight is 453 g/mol. The Balaban J connectivity index is 0.00000225. The summed E-state index contributed by atoms with van der Waals surface area (Å²) < 4.78 is 0. The van der Waals surface area contributed by atoms with Crippen LogP contribution in [0.3, 0.4) is 0 Å². The van der Waals surface area contributed by atoms with Gasteiger partial charge in [0, 0.05) is 32.7 Å². The number of nitrogens with one attached hydrogen (secondary N) is 1. The van der Waals surface area contributed by atoms with Crippen LogP contribution in [0.1, 0.15) is 18.1 Å². The Kier molecular flexibility index (Phi) is 10.3. The van der Waals surface area contributed by atoms with Gasteiger partial charge in [0.05, 0.1) is 6.54 Å². The summed E-state index contributed by atoms with van der Waals surface area (Å²) in [6.45, 7) is 5.50. The van der Waals surface area contributed by atoms with E-state index in [-0.39, 0.29) is 43.2 Å². The lowest BCUT2D eigenvalue weighted by Crippen LogP contribution is -2.54. The molecule has 1 aliphatic rings. The van der Waals surface area contributed by atoms with Crippen molar-refractivity contribution >= 4 is 36.6 Å². The third kappa shape index (κ3) is 6.71. The molecule has 2 amide bonds. The smallest absolute Gasteiger partial charge is 0.244 e. The minimum Gasteiger partial charge on any atom is -0.345 e. The van der Waals surface area contributed by atoms with Gasteiger partial charge in [-0.05, 0) is 18.1 Å². The summed E-state index contributed by atoms with van der Waals surface area (Å²) in [5.41, 5.74) is 7.02. The maximum Gasteiger partial charge on any atom is 0.244 e. The Morgan fingerprint density at radius 2 is 1.47 bits per heavy atom. The second-order valence-corrected chi connectivity index (χ2v) is 7.39. The molecule has 1 aliphatic heterocycles. The van der Waals surface area contributed by atoms with Crippen LogP contribution >= 0.6 is 24.8 Å². The number of nitrogens with two attached hydrogens (primary N) is 1. The number of halogens is 2. The maximum absolute atomic E-state index is 12.5. The van der Waals surface area contributed by atoms with Crippen LogP contribution in [0.5, 0.6) is 0 Å². The highest BCUT2D eigenvalue weighted by atomic mass is 35.5. The van der Waals surface area contributed by atoms with Gasteiger partial charge < -0.3 is 16.0 Å². The molecular formula is C22H30Cl2N4O2. The first-order chi connectivity index (χ1) is 13.5. The zero-order valence-electron chi connectivity index (χ0n) is 17.1.